The molecule has 0 radical (unpaired) electrons. The summed E-state index contributed by atoms with van der Waals surface area (Å²) >= 11 is 0. The van der Waals surface area contributed by atoms with Crippen LogP contribution in [0.2, 0.25) is 0 Å². The lowest BCUT2D eigenvalue weighted by Gasteiger charge is -2.45. The van der Waals surface area contributed by atoms with Crippen molar-refractivity contribution >= 4 is 29.9 Å². The van der Waals surface area contributed by atoms with Gasteiger partial charge in [-0.25, -0.2) is 0 Å². The Morgan fingerprint density at radius 1 is 1.30 bits per heavy atom. The van der Waals surface area contributed by atoms with Crippen LogP contribution >= 0.6 is 24.0 Å². The molecule has 138 valence electrons. The number of halogens is 4. The van der Waals surface area contributed by atoms with E-state index in [2.05, 4.69) is 41.5 Å². The van der Waals surface area contributed by atoms with E-state index in [1.54, 1.807) is 7.05 Å². The number of alkyl halides is 3. The summed E-state index contributed by atoms with van der Waals surface area (Å²) in [5.41, 5.74) is 0.0410. The lowest BCUT2D eigenvalue weighted by Crippen LogP contribution is -2.56. The van der Waals surface area contributed by atoms with Crippen molar-refractivity contribution in [3.63, 3.8) is 0 Å². The van der Waals surface area contributed by atoms with Gasteiger partial charge in [0.05, 0.1) is 6.42 Å². The molecular weight excluding hydrogens is 420 g/mol. The molecule has 1 rings (SSSR count). The minimum atomic E-state index is -4.14. The van der Waals surface area contributed by atoms with Gasteiger partial charge in [-0.05, 0) is 32.9 Å². The molecule has 8 heteroatoms. The van der Waals surface area contributed by atoms with Crippen LogP contribution in [0.3, 0.4) is 0 Å². The van der Waals surface area contributed by atoms with E-state index < -0.39 is 12.6 Å². The van der Waals surface area contributed by atoms with Gasteiger partial charge in [0.25, 0.3) is 0 Å². The highest BCUT2D eigenvalue weighted by molar-refractivity contribution is 14.0. The van der Waals surface area contributed by atoms with Crippen LogP contribution in [0.1, 0.15) is 39.0 Å². The lowest BCUT2D eigenvalue weighted by atomic mass is 9.75. The number of hydrogen-bond acceptors (Lipinski definition) is 2. The Bertz CT molecular complexity index is 374. The van der Waals surface area contributed by atoms with E-state index in [9.17, 15) is 13.2 Å². The quantitative estimate of drug-likeness (QED) is 0.384. The van der Waals surface area contributed by atoms with E-state index in [4.69, 9.17) is 0 Å². The maximum atomic E-state index is 12.2. The fourth-order valence-corrected chi connectivity index (χ4v) is 3.15. The van der Waals surface area contributed by atoms with Crippen LogP contribution in [-0.4, -0.2) is 56.8 Å². The Morgan fingerprint density at radius 2 is 1.96 bits per heavy atom. The summed E-state index contributed by atoms with van der Waals surface area (Å²) in [6, 6.07) is 0. The van der Waals surface area contributed by atoms with Crippen LogP contribution in [-0.2, 0) is 0 Å². The minimum absolute atomic E-state index is 0. The van der Waals surface area contributed by atoms with Crippen LogP contribution in [0.4, 0.5) is 13.2 Å². The van der Waals surface area contributed by atoms with Gasteiger partial charge in [-0.1, -0.05) is 19.8 Å². The molecule has 0 spiro atoms. The summed E-state index contributed by atoms with van der Waals surface area (Å²) in [6.07, 6.45) is -0.391. The van der Waals surface area contributed by atoms with Crippen LogP contribution in [0.5, 0.6) is 0 Å². The third-order valence-electron chi connectivity index (χ3n) is 4.53. The molecule has 0 aromatic rings. The fraction of sp³-hybridized carbons (Fsp3) is 0.933. The normalized spacial score (nSPS) is 25.9. The maximum Gasteiger partial charge on any atom is 0.390 e. The van der Waals surface area contributed by atoms with Crippen molar-refractivity contribution in [1.29, 1.82) is 0 Å². The van der Waals surface area contributed by atoms with Crippen molar-refractivity contribution in [2.75, 3.05) is 34.2 Å². The van der Waals surface area contributed by atoms with Crippen molar-refractivity contribution in [2.24, 2.45) is 10.9 Å². The third-order valence-corrected chi connectivity index (χ3v) is 4.53. The second-order valence-corrected chi connectivity index (χ2v) is 6.54. The third kappa shape index (κ3) is 7.91. The summed E-state index contributed by atoms with van der Waals surface area (Å²) < 4.78 is 36.6. The molecule has 4 nitrogen and oxygen atoms in total. The van der Waals surface area contributed by atoms with Gasteiger partial charge in [-0.15, -0.1) is 24.0 Å². The van der Waals surface area contributed by atoms with Crippen LogP contribution in [0.25, 0.3) is 0 Å². The first-order valence-corrected chi connectivity index (χ1v) is 7.87. The molecule has 1 saturated carbocycles. The largest absolute Gasteiger partial charge is 0.390 e. The fourth-order valence-electron chi connectivity index (χ4n) is 3.15. The summed E-state index contributed by atoms with van der Waals surface area (Å²) in [5, 5.41) is 5.93. The average Bonchev–Trinajstić information content (AvgIpc) is 2.41. The number of likely N-dealkylation sites (N-methyl/N-ethyl adjacent to an activating group) is 1. The first-order valence-electron chi connectivity index (χ1n) is 7.87. The minimum Gasteiger partial charge on any atom is -0.356 e. The Morgan fingerprint density at radius 3 is 2.43 bits per heavy atom. The van der Waals surface area contributed by atoms with Gasteiger partial charge in [0.15, 0.2) is 5.96 Å². The molecule has 0 aromatic heterocycles. The average molecular weight is 450 g/mol. The molecule has 1 aliphatic carbocycles. The number of aliphatic imine (C=N–C) groups is 1. The van der Waals surface area contributed by atoms with Crippen LogP contribution < -0.4 is 10.6 Å². The summed E-state index contributed by atoms with van der Waals surface area (Å²) in [7, 11) is 5.72. The number of rotatable bonds is 5. The molecule has 0 heterocycles. The molecule has 2 atom stereocenters. The highest BCUT2D eigenvalue weighted by Crippen LogP contribution is 2.35. The van der Waals surface area contributed by atoms with E-state index >= 15 is 0 Å². The van der Waals surface area contributed by atoms with Crippen LogP contribution in [0.15, 0.2) is 4.99 Å². The van der Waals surface area contributed by atoms with E-state index in [1.807, 2.05) is 0 Å². The summed E-state index contributed by atoms with van der Waals surface area (Å²) in [4.78, 5) is 6.24. The predicted octanol–water partition coefficient (Wildman–Crippen LogP) is 3.23. The van der Waals surface area contributed by atoms with Crippen molar-refractivity contribution in [3.8, 4) is 0 Å². The van der Waals surface area contributed by atoms with Crippen molar-refractivity contribution in [2.45, 2.75) is 50.7 Å². The van der Waals surface area contributed by atoms with Crippen LogP contribution in [0, 0.1) is 5.92 Å². The van der Waals surface area contributed by atoms with Gasteiger partial charge in [0, 0.05) is 25.7 Å². The molecule has 23 heavy (non-hydrogen) atoms. The highest BCUT2D eigenvalue weighted by Gasteiger charge is 2.37. The smallest absolute Gasteiger partial charge is 0.356 e. The zero-order valence-electron chi connectivity index (χ0n) is 14.5. The summed E-state index contributed by atoms with van der Waals surface area (Å²) in [5.74, 6) is 1.10. The standard InChI is InChI=1S/C15H29F3N4.HI/c1-12-6-5-7-14(10-12,22(3)4)11-21-13(19-2)20-9-8-15(16,17)18;/h12H,5-11H2,1-4H3,(H2,19,20,21);1H. The molecule has 2 unspecified atom stereocenters. The van der Waals surface area contributed by atoms with E-state index in [0.29, 0.717) is 18.4 Å². The SMILES string of the molecule is CN=C(NCCC(F)(F)F)NCC1(N(C)C)CCCC(C)C1.I. The Kier molecular flexibility index (Phi) is 9.80. The zero-order chi connectivity index (χ0) is 16.8. The van der Waals surface area contributed by atoms with E-state index in [0.717, 1.165) is 12.8 Å². The van der Waals surface area contributed by atoms with Gasteiger partial charge in [-0.3, -0.25) is 4.99 Å². The predicted molar refractivity (Wildman–Crippen MR) is 99.5 cm³/mol. The van der Waals surface area contributed by atoms with Gasteiger partial charge < -0.3 is 15.5 Å². The van der Waals surface area contributed by atoms with E-state index in [-0.39, 0.29) is 36.1 Å². The first kappa shape index (κ1) is 22.8. The molecule has 2 N–H and O–H groups in total. The maximum absolute atomic E-state index is 12.2. The van der Waals surface area contributed by atoms with Gasteiger partial charge in [0.1, 0.15) is 0 Å². The second kappa shape index (κ2) is 9.90. The Balaban J connectivity index is 0.00000484. The van der Waals surface area contributed by atoms with Gasteiger partial charge in [0.2, 0.25) is 0 Å². The number of guanidine groups is 1. The van der Waals surface area contributed by atoms with Crippen molar-refractivity contribution < 1.29 is 13.2 Å². The summed E-state index contributed by atoms with van der Waals surface area (Å²) in [6.45, 7) is 2.79. The molecule has 0 bridgehead atoms. The molecule has 0 aliphatic heterocycles. The number of nitrogens with zero attached hydrogens (tertiary/aromatic N) is 2. The molecule has 0 amide bonds. The van der Waals surface area contributed by atoms with E-state index in [1.165, 1.54) is 12.8 Å². The molecule has 0 saturated heterocycles. The zero-order valence-corrected chi connectivity index (χ0v) is 16.8. The molecule has 0 aromatic carbocycles. The molecule has 1 fully saturated rings. The monoisotopic (exact) mass is 450 g/mol. The van der Waals surface area contributed by atoms with Gasteiger partial charge in [-0.2, -0.15) is 13.2 Å². The second-order valence-electron chi connectivity index (χ2n) is 6.54. The van der Waals surface area contributed by atoms with Crippen molar-refractivity contribution in [1.82, 2.24) is 15.5 Å². The molecule has 1 aliphatic rings. The highest BCUT2D eigenvalue weighted by atomic mass is 127. The van der Waals surface area contributed by atoms with Crippen molar-refractivity contribution in [3.05, 3.63) is 0 Å². The Hall–Kier alpha value is -0.250. The lowest BCUT2D eigenvalue weighted by molar-refractivity contribution is -0.132. The molecular formula is C15H30F3IN4. The number of nitrogens with one attached hydrogen (secondary N) is 2. The Labute approximate surface area is 154 Å². The topological polar surface area (TPSA) is 39.7 Å². The first-order chi connectivity index (χ1) is 10.2. The van der Waals surface area contributed by atoms with Gasteiger partial charge >= 0.3 is 6.18 Å². The number of hydrogen-bond donors (Lipinski definition) is 2.